The molecular weight excluding hydrogens is 462 g/mol. The zero-order chi connectivity index (χ0) is 23.5. The van der Waals surface area contributed by atoms with Crippen molar-refractivity contribution in [2.24, 2.45) is 0 Å². The number of nitrogens with zero attached hydrogens (tertiary/aromatic N) is 3. The van der Waals surface area contributed by atoms with Crippen molar-refractivity contribution < 1.29 is 14.3 Å². The monoisotopic (exact) mass is 481 g/mol. The van der Waals surface area contributed by atoms with Crippen LogP contribution in [0.4, 0.5) is 10.8 Å². The van der Waals surface area contributed by atoms with Gasteiger partial charge in [-0.3, -0.25) is 14.9 Å². The SMILES string of the molecule is COc1ccc(NC(=O)c2sc(NC(=O)c3c(C)nn(-c4ccccc4)c3Cl)nc2C)cc1. The number of nitrogens with one attached hydrogen (secondary N) is 2. The zero-order valence-electron chi connectivity index (χ0n) is 18.0. The van der Waals surface area contributed by atoms with E-state index in [1.54, 1.807) is 45.2 Å². The molecule has 4 aromatic rings. The number of halogens is 1. The fourth-order valence-electron chi connectivity index (χ4n) is 3.18. The molecule has 0 spiro atoms. The van der Waals surface area contributed by atoms with Gasteiger partial charge in [-0.1, -0.05) is 41.1 Å². The summed E-state index contributed by atoms with van der Waals surface area (Å²) in [6, 6.07) is 16.3. The molecule has 2 amide bonds. The number of rotatable bonds is 6. The van der Waals surface area contributed by atoms with Gasteiger partial charge in [0.15, 0.2) is 5.13 Å². The van der Waals surface area contributed by atoms with E-state index in [9.17, 15) is 9.59 Å². The predicted molar refractivity (Wildman–Crippen MR) is 129 cm³/mol. The smallest absolute Gasteiger partial charge is 0.267 e. The number of amides is 2. The van der Waals surface area contributed by atoms with Crippen LogP contribution in [0.3, 0.4) is 0 Å². The summed E-state index contributed by atoms with van der Waals surface area (Å²) >= 11 is 7.56. The highest BCUT2D eigenvalue weighted by atomic mass is 35.5. The number of para-hydroxylation sites is 1. The molecule has 0 saturated carbocycles. The third-order valence-corrected chi connectivity index (χ3v) is 6.22. The highest BCUT2D eigenvalue weighted by Crippen LogP contribution is 2.28. The Hall–Kier alpha value is -3.69. The number of hydrogen-bond donors (Lipinski definition) is 2. The summed E-state index contributed by atoms with van der Waals surface area (Å²) in [4.78, 5) is 30.4. The molecule has 0 radical (unpaired) electrons. The van der Waals surface area contributed by atoms with Crippen LogP contribution in [0, 0.1) is 13.8 Å². The molecule has 0 aliphatic heterocycles. The van der Waals surface area contributed by atoms with Gasteiger partial charge in [0.05, 0.1) is 24.2 Å². The third kappa shape index (κ3) is 4.74. The van der Waals surface area contributed by atoms with Gasteiger partial charge in [-0.25, -0.2) is 9.67 Å². The lowest BCUT2D eigenvalue weighted by Gasteiger charge is -2.05. The van der Waals surface area contributed by atoms with Gasteiger partial charge in [-0.2, -0.15) is 5.10 Å². The maximum Gasteiger partial charge on any atom is 0.267 e. The standard InChI is InChI=1S/C23H20ClN5O3S/c1-13-18(20(24)29(28-13)16-7-5-4-6-8-16)21(30)27-23-25-14(2)19(33-23)22(31)26-15-9-11-17(32-3)12-10-15/h4-12H,1-3H3,(H,26,31)(H,25,27,30). The minimum absolute atomic E-state index is 0.196. The minimum Gasteiger partial charge on any atom is -0.497 e. The van der Waals surface area contributed by atoms with Crippen molar-refractivity contribution in [3.63, 3.8) is 0 Å². The maximum atomic E-state index is 12.9. The van der Waals surface area contributed by atoms with Crippen LogP contribution in [-0.4, -0.2) is 33.7 Å². The van der Waals surface area contributed by atoms with Crippen LogP contribution < -0.4 is 15.4 Å². The lowest BCUT2D eigenvalue weighted by Crippen LogP contribution is -2.13. The number of carbonyl (C=O) groups excluding carboxylic acids is 2. The van der Waals surface area contributed by atoms with Gasteiger partial charge in [0, 0.05) is 5.69 Å². The van der Waals surface area contributed by atoms with Crippen LogP contribution in [0.1, 0.15) is 31.4 Å². The summed E-state index contributed by atoms with van der Waals surface area (Å²) in [6.45, 7) is 3.42. The molecule has 10 heteroatoms. The molecule has 0 bridgehead atoms. The molecule has 2 aromatic heterocycles. The molecule has 0 fully saturated rings. The number of aryl methyl sites for hydroxylation is 2. The highest BCUT2D eigenvalue weighted by molar-refractivity contribution is 7.17. The Balaban J connectivity index is 1.51. The van der Waals surface area contributed by atoms with Gasteiger partial charge in [-0.15, -0.1) is 0 Å². The number of methoxy groups -OCH3 is 1. The number of carbonyl (C=O) groups is 2. The predicted octanol–water partition coefficient (Wildman–Crippen LogP) is 5.11. The average Bonchev–Trinajstić information content (AvgIpc) is 3.33. The lowest BCUT2D eigenvalue weighted by molar-refractivity contribution is 0.101. The number of aromatic nitrogens is 3. The number of ether oxygens (including phenoxy) is 1. The van der Waals surface area contributed by atoms with Crippen molar-refractivity contribution in [2.45, 2.75) is 13.8 Å². The molecule has 0 saturated heterocycles. The topological polar surface area (TPSA) is 98.1 Å². The number of hydrogen-bond acceptors (Lipinski definition) is 6. The summed E-state index contributed by atoms with van der Waals surface area (Å²) in [7, 11) is 1.57. The van der Waals surface area contributed by atoms with E-state index in [0.717, 1.165) is 17.0 Å². The summed E-state index contributed by atoms with van der Waals surface area (Å²) in [5, 5.41) is 10.4. The molecule has 2 aromatic carbocycles. The van der Waals surface area contributed by atoms with Gasteiger partial charge in [-0.05, 0) is 50.2 Å². The number of anilines is 2. The van der Waals surface area contributed by atoms with Crippen molar-refractivity contribution in [2.75, 3.05) is 17.7 Å². The van der Waals surface area contributed by atoms with E-state index in [1.807, 2.05) is 30.3 Å². The first-order valence-corrected chi connectivity index (χ1v) is 11.1. The number of thiazole rings is 1. The largest absolute Gasteiger partial charge is 0.497 e. The number of benzene rings is 2. The Morgan fingerprint density at radius 1 is 0.970 bits per heavy atom. The van der Waals surface area contributed by atoms with Crippen molar-refractivity contribution in [3.05, 3.63) is 81.6 Å². The molecule has 4 rings (SSSR count). The Kier molecular flexibility index (Phi) is 6.43. The van der Waals surface area contributed by atoms with Gasteiger partial charge < -0.3 is 10.1 Å². The fourth-order valence-corrected chi connectivity index (χ4v) is 4.39. The van der Waals surface area contributed by atoms with Crippen LogP contribution in [0.15, 0.2) is 54.6 Å². The Bertz CT molecular complexity index is 1320. The first-order chi connectivity index (χ1) is 15.9. The van der Waals surface area contributed by atoms with Gasteiger partial charge in [0.1, 0.15) is 21.3 Å². The molecule has 0 aliphatic carbocycles. The van der Waals surface area contributed by atoms with E-state index in [4.69, 9.17) is 16.3 Å². The van der Waals surface area contributed by atoms with E-state index >= 15 is 0 Å². The molecule has 2 heterocycles. The van der Waals surface area contributed by atoms with E-state index < -0.39 is 5.91 Å². The van der Waals surface area contributed by atoms with Gasteiger partial charge >= 0.3 is 0 Å². The van der Waals surface area contributed by atoms with Crippen LogP contribution in [0.2, 0.25) is 5.15 Å². The zero-order valence-corrected chi connectivity index (χ0v) is 19.6. The molecule has 33 heavy (non-hydrogen) atoms. The first-order valence-electron chi connectivity index (χ1n) is 9.92. The van der Waals surface area contributed by atoms with Crippen molar-refractivity contribution in [1.29, 1.82) is 0 Å². The summed E-state index contributed by atoms with van der Waals surface area (Å²) < 4.78 is 6.63. The highest BCUT2D eigenvalue weighted by Gasteiger charge is 2.23. The molecule has 8 nitrogen and oxygen atoms in total. The fraction of sp³-hybridized carbons (Fsp3) is 0.130. The normalized spacial score (nSPS) is 10.7. The van der Waals surface area contributed by atoms with Gasteiger partial charge in [0.2, 0.25) is 0 Å². The third-order valence-electron chi connectivity index (χ3n) is 4.80. The summed E-state index contributed by atoms with van der Waals surface area (Å²) in [6.07, 6.45) is 0. The van der Waals surface area contributed by atoms with Crippen molar-refractivity contribution >= 4 is 45.6 Å². The average molecular weight is 482 g/mol. The van der Waals surface area contributed by atoms with E-state index in [0.29, 0.717) is 32.8 Å². The van der Waals surface area contributed by atoms with Crippen molar-refractivity contribution in [3.8, 4) is 11.4 Å². The quantitative estimate of drug-likeness (QED) is 0.398. The molecule has 0 unspecified atom stereocenters. The van der Waals surface area contributed by atoms with E-state index in [2.05, 4.69) is 20.7 Å². The minimum atomic E-state index is -0.449. The van der Waals surface area contributed by atoms with Crippen LogP contribution in [0.5, 0.6) is 5.75 Å². The van der Waals surface area contributed by atoms with Crippen LogP contribution >= 0.6 is 22.9 Å². The molecule has 2 N–H and O–H groups in total. The Morgan fingerprint density at radius 2 is 1.67 bits per heavy atom. The molecule has 0 atom stereocenters. The molecular formula is C23H20ClN5O3S. The molecule has 0 aliphatic rings. The second-order valence-electron chi connectivity index (χ2n) is 7.07. The van der Waals surface area contributed by atoms with Gasteiger partial charge in [0.25, 0.3) is 11.8 Å². The second-order valence-corrected chi connectivity index (χ2v) is 8.43. The van der Waals surface area contributed by atoms with E-state index in [1.165, 1.54) is 4.68 Å². The summed E-state index contributed by atoms with van der Waals surface area (Å²) in [5.41, 5.74) is 2.59. The lowest BCUT2D eigenvalue weighted by atomic mass is 10.2. The summed E-state index contributed by atoms with van der Waals surface area (Å²) in [5.74, 6) is -0.0752. The van der Waals surface area contributed by atoms with Crippen molar-refractivity contribution in [1.82, 2.24) is 14.8 Å². The molecule has 168 valence electrons. The van der Waals surface area contributed by atoms with E-state index in [-0.39, 0.29) is 16.6 Å². The first kappa shape index (κ1) is 22.5. The second kappa shape index (κ2) is 9.43. The Labute approximate surface area is 199 Å². The van der Waals surface area contributed by atoms with Crippen LogP contribution in [-0.2, 0) is 0 Å². The Morgan fingerprint density at radius 3 is 2.33 bits per heavy atom. The maximum absolute atomic E-state index is 12.9. The van der Waals surface area contributed by atoms with Crippen LogP contribution in [0.25, 0.3) is 5.69 Å².